The van der Waals surface area contributed by atoms with Gasteiger partial charge in [-0.25, -0.2) is 4.90 Å². The van der Waals surface area contributed by atoms with Gasteiger partial charge in [-0.05, 0) is 66.8 Å². The third kappa shape index (κ3) is 4.18. The summed E-state index contributed by atoms with van der Waals surface area (Å²) in [5, 5.41) is 0.571. The number of carbonyl (C=O) groups is 2. The number of hydrogen-bond donors (Lipinski definition) is 0. The van der Waals surface area contributed by atoms with Gasteiger partial charge in [-0.15, -0.1) is 11.8 Å². The normalized spacial score (nSPS) is 14.0. The lowest BCUT2D eigenvalue weighted by atomic mass is 10.0. The molecule has 0 saturated carbocycles. The molecule has 0 unspecified atom stereocenters. The van der Waals surface area contributed by atoms with Crippen molar-refractivity contribution < 1.29 is 9.59 Å². The molecule has 3 nitrogen and oxygen atoms in total. The van der Waals surface area contributed by atoms with E-state index < -0.39 is 0 Å². The molecule has 5 heteroatoms. The molecule has 156 valence electrons. The number of amides is 2. The van der Waals surface area contributed by atoms with Crippen molar-refractivity contribution in [1.29, 1.82) is 0 Å². The Morgan fingerprint density at radius 3 is 2.23 bits per heavy atom. The number of carbonyl (C=O) groups excluding carboxylic acids is 2. The van der Waals surface area contributed by atoms with Crippen LogP contribution in [0, 0.1) is 20.8 Å². The van der Waals surface area contributed by atoms with E-state index in [-0.39, 0.29) is 11.8 Å². The number of rotatable bonds is 5. The number of anilines is 1. The highest BCUT2D eigenvalue weighted by Crippen LogP contribution is 2.41. The molecule has 0 aliphatic carbocycles. The van der Waals surface area contributed by atoms with E-state index >= 15 is 0 Å². The zero-order valence-corrected chi connectivity index (χ0v) is 19.2. The fourth-order valence-electron chi connectivity index (χ4n) is 3.61. The zero-order valence-electron chi connectivity index (χ0n) is 17.6. The molecule has 1 heterocycles. The standard InChI is InChI=1S/C26H22ClNO2S/c1-16-9-10-20(13-17(16)2)23-24(31-15-19-7-5-4-6-8-19)26(30)28(25(23)29)22-12-11-21(27)14-18(22)3/h4-14H,15H2,1-3H3. The van der Waals surface area contributed by atoms with Crippen molar-refractivity contribution in [2.75, 3.05) is 4.90 Å². The number of thioether (sulfide) groups is 1. The van der Waals surface area contributed by atoms with Gasteiger partial charge in [-0.3, -0.25) is 9.59 Å². The summed E-state index contributed by atoms with van der Waals surface area (Å²) in [5.74, 6) is 0.0237. The first-order chi connectivity index (χ1) is 14.9. The molecular formula is C26H22ClNO2S. The van der Waals surface area contributed by atoms with Crippen LogP contribution >= 0.6 is 23.4 Å². The Kier molecular flexibility index (Phi) is 6.03. The first kappa shape index (κ1) is 21.4. The quantitative estimate of drug-likeness (QED) is 0.420. The molecule has 0 saturated heterocycles. The maximum absolute atomic E-state index is 13.6. The number of aryl methyl sites for hydroxylation is 3. The molecule has 0 N–H and O–H groups in total. The summed E-state index contributed by atoms with van der Waals surface area (Å²) < 4.78 is 0. The maximum atomic E-state index is 13.6. The Morgan fingerprint density at radius 2 is 1.55 bits per heavy atom. The summed E-state index contributed by atoms with van der Waals surface area (Å²) in [4.78, 5) is 28.8. The highest BCUT2D eigenvalue weighted by Gasteiger charge is 2.40. The molecule has 4 rings (SSSR count). The summed E-state index contributed by atoms with van der Waals surface area (Å²) in [6.45, 7) is 5.90. The number of benzene rings is 3. The zero-order chi connectivity index (χ0) is 22.1. The molecule has 0 radical (unpaired) electrons. The molecule has 2 amide bonds. The van der Waals surface area contributed by atoms with Crippen molar-refractivity contribution in [1.82, 2.24) is 0 Å². The third-order valence-corrected chi connectivity index (χ3v) is 6.84. The summed E-state index contributed by atoms with van der Waals surface area (Å²) >= 11 is 7.51. The van der Waals surface area contributed by atoms with E-state index in [4.69, 9.17) is 11.6 Å². The molecule has 3 aromatic rings. The van der Waals surface area contributed by atoms with Crippen LogP contribution in [0.5, 0.6) is 0 Å². The fraction of sp³-hybridized carbons (Fsp3) is 0.154. The van der Waals surface area contributed by atoms with Crippen molar-refractivity contribution in [3.8, 4) is 0 Å². The average molecular weight is 448 g/mol. The Bertz CT molecular complexity index is 1220. The van der Waals surface area contributed by atoms with Crippen molar-refractivity contribution in [2.24, 2.45) is 0 Å². The first-order valence-electron chi connectivity index (χ1n) is 10.0. The van der Waals surface area contributed by atoms with Gasteiger partial charge in [0.15, 0.2) is 0 Å². The van der Waals surface area contributed by atoms with Gasteiger partial charge in [-0.1, -0.05) is 60.1 Å². The first-order valence-corrected chi connectivity index (χ1v) is 11.4. The molecule has 0 aromatic heterocycles. The monoisotopic (exact) mass is 447 g/mol. The highest BCUT2D eigenvalue weighted by molar-refractivity contribution is 8.03. The minimum absolute atomic E-state index is 0.287. The predicted molar refractivity (Wildman–Crippen MR) is 129 cm³/mol. The lowest BCUT2D eigenvalue weighted by Gasteiger charge is -2.18. The van der Waals surface area contributed by atoms with Crippen molar-refractivity contribution in [3.63, 3.8) is 0 Å². The number of imide groups is 1. The van der Waals surface area contributed by atoms with Crippen LogP contribution in [-0.4, -0.2) is 11.8 Å². The Morgan fingerprint density at radius 1 is 0.806 bits per heavy atom. The summed E-state index contributed by atoms with van der Waals surface area (Å²) in [6.07, 6.45) is 0. The number of halogens is 1. The maximum Gasteiger partial charge on any atom is 0.272 e. The largest absolute Gasteiger partial charge is 0.272 e. The predicted octanol–water partition coefficient (Wildman–Crippen LogP) is 6.48. The molecule has 3 aromatic carbocycles. The van der Waals surface area contributed by atoms with E-state index in [2.05, 4.69) is 0 Å². The molecule has 1 aliphatic heterocycles. The number of nitrogens with zero attached hydrogens (tertiary/aromatic N) is 1. The van der Waals surface area contributed by atoms with Crippen LogP contribution in [0.3, 0.4) is 0 Å². The van der Waals surface area contributed by atoms with E-state index in [9.17, 15) is 9.59 Å². The second-order valence-electron chi connectivity index (χ2n) is 7.65. The Labute approximate surface area is 191 Å². The van der Waals surface area contributed by atoms with Gasteiger partial charge in [-0.2, -0.15) is 0 Å². The lowest BCUT2D eigenvalue weighted by Crippen LogP contribution is -2.31. The van der Waals surface area contributed by atoms with Gasteiger partial charge in [0.25, 0.3) is 11.8 Å². The molecule has 0 fully saturated rings. The van der Waals surface area contributed by atoms with Gasteiger partial charge in [0.1, 0.15) is 0 Å². The van der Waals surface area contributed by atoms with Crippen molar-refractivity contribution in [2.45, 2.75) is 26.5 Å². The van der Waals surface area contributed by atoms with E-state index in [0.29, 0.717) is 26.9 Å². The lowest BCUT2D eigenvalue weighted by molar-refractivity contribution is -0.119. The van der Waals surface area contributed by atoms with Crippen LogP contribution in [0.15, 0.2) is 71.6 Å². The van der Waals surface area contributed by atoms with Gasteiger partial charge >= 0.3 is 0 Å². The Hall–Kier alpha value is -2.82. The molecule has 1 aliphatic rings. The Balaban J connectivity index is 1.79. The van der Waals surface area contributed by atoms with Gasteiger partial charge in [0.2, 0.25) is 0 Å². The SMILES string of the molecule is Cc1ccc(C2=C(SCc3ccccc3)C(=O)N(c3ccc(Cl)cc3C)C2=O)cc1C. The van der Waals surface area contributed by atoms with Crippen LogP contribution in [-0.2, 0) is 15.3 Å². The van der Waals surface area contributed by atoms with Crippen LogP contribution in [0.1, 0.15) is 27.8 Å². The van der Waals surface area contributed by atoms with Gasteiger partial charge in [0, 0.05) is 10.8 Å². The molecular weight excluding hydrogens is 426 g/mol. The molecule has 0 atom stereocenters. The van der Waals surface area contributed by atoms with Gasteiger partial charge < -0.3 is 0 Å². The summed E-state index contributed by atoms with van der Waals surface area (Å²) in [7, 11) is 0. The molecule has 0 spiro atoms. The minimum atomic E-state index is -0.297. The summed E-state index contributed by atoms with van der Waals surface area (Å²) in [6, 6.07) is 21.0. The fourth-order valence-corrected chi connectivity index (χ4v) is 4.91. The summed E-state index contributed by atoms with van der Waals surface area (Å²) in [5.41, 5.74) is 5.90. The second-order valence-corrected chi connectivity index (χ2v) is 9.08. The third-order valence-electron chi connectivity index (χ3n) is 5.46. The van der Waals surface area contributed by atoms with E-state index in [1.165, 1.54) is 16.7 Å². The number of hydrogen-bond acceptors (Lipinski definition) is 3. The van der Waals surface area contributed by atoms with Crippen LogP contribution in [0.25, 0.3) is 5.57 Å². The minimum Gasteiger partial charge on any atom is -0.268 e. The smallest absolute Gasteiger partial charge is 0.268 e. The molecule has 31 heavy (non-hydrogen) atoms. The van der Waals surface area contributed by atoms with Crippen molar-refractivity contribution in [3.05, 3.63) is 104 Å². The van der Waals surface area contributed by atoms with E-state index in [1.54, 1.807) is 18.2 Å². The van der Waals surface area contributed by atoms with Crippen LogP contribution < -0.4 is 4.90 Å². The topological polar surface area (TPSA) is 37.4 Å². The highest BCUT2D eigenvalue weighted by atomic mass is 35.5. The average Bonchev–Trinajstić information content (AvgIpc) is 2.99. The van der Waals surface area contributed by atoms with E-state index in [1.807, 2.05) is 69.3 Å². The molecule has 0 bridgehead atoms. The van der Waals surface area contributed by atoms with Crippen molar-refractivity contribution >= 4 is 46.4 Å². The van der Waals surface area contributed by atoms with Crippen LogP contribution in [0.4, 0.5) is 5.69 Å². The second kappa shape index (κ2) is 8.74. The van der Waals surface area contributed by atoms with Gasteiger partial charge in [0.05, 0.1) is 16.2 Å². The van der Waals surface area contributed by atoms with E-state index in [0.717, 1.165) is 27.8 Å². The van der Waals surface area contributed by atoms with Crippen LogP contribution in [0.2, 0.25) is 5.02 Å².